The summed E-state index contributed by atoms with van der Waals surface area (Å²) in [4.78, 5) is 81.3. The summed E-state index contributed by atoms with van der Waals surface area (Å²) < 4.78 is 82.1. The van der Waals surface area contributed by atoms with Crippen molar-refractivity contribution >= 4 is 30.1 Å². The molecule has 6 heterocycles. The third-order valence-corrected chi connectivity index (χ3v) is 22.1. The number of nitrogens with zero attached hydrogens (tertiary/aromatic N) is 1. The molecule has 26 nitrogen and oxygen atoms in total. The Bertz CT molecular complexity index is 3010. The van der Waals surface area contributed by atoms with Gasteiger partial charge in [-0.3, -0.25) is 24.5 Å². The van der Waals surface area contributed by atoms with Crippen LogP contribution in [0.1, 0.15) is 154 Å². The number of ether oxygens (including phenoxy) is 13. The van der Waals surface area contributed by atoms with Crippen molar-refractivity contribution in [3.05, 3.63) is 68.5 Å². The molecule has 1 spiro atoms. The summed E-state index contributed by atoms with van der Waals surface area (Å²) in [6.07, 6.45) is -4.28. The summed E-state index contributed by atoms with van der Waals surface area (Å²) in [5.41, 5.74) is -4.92. The average Bonchev–Trinajstić information content (AvgIpc) is 1.52. The molecule has 7 fully saturated rings. The first-order valence-electron chi connectivity index (χ1n) is 34.0. The summed E-state index contributed by atoms with van der Waals surface area (Å²) in [5.74, 6) is -6.86. The first-order valence-corrected chi connectivity index (χ1v) is 34.0. The van der Waals surface area contributed by atoms with Gasteiger partial charge in [0.25, 0.3) is 0 Å². The van der Waals surface area contributed by atoms with Gasteiger partial charge in [-0.2, -0.15) is 0 Å². The third-order valence-electron chi connectivity index (χ3n) is 22.1. The zero-order valence-electron chi connectivity index (χ0n) is 57.0. The highest BCUT2D eigenvalue weighted by Gasteiger charge is 2.65. The lowest BCUT2D eigenvalue weighted by Crippen LogP contribution is -2.65. The van der Waals surface area contributed by atoms with Gasteiger partial charge in [0.1, 0.15) is 35.9 Å². The third kappa shape index (κ3) is 14.4. The minimum atomic E-state index is -2.20. The standard InChI is InChI=1S/C69H100N2O24/c1-31(2)64(78)94-60-39(10)87-54(27-50(60)91-51-22-20-49(37(8)85-51)90-53-26-47(75)59(38(9)86-53)92-52-21-18-45(73)36(7)84-52)93-58-35(6)23-34(5)57-42(58)16-17-43-32(3)15-19-48(89-55-29-67(12,71(81)82)61(40(11)88-55)70-66(80)83-14)33(4)24-44-46(74)25-41(30-72)28-69(44)63(77)56(65(79)95-69)62(76)68(43,57)13/h15-17,24-25,30-31,34-40,42-55,57-61,73-76H,18-23,26-29H2,1-14H3,(H,70,80)/b32-15-,33-24?,62-56?/t34-,35-,36+,37-,38+,39-,40-,42-,43+,44+,45+,46-,47+,48+,49-,50-,51-,52-,53-,54+,55+,57+,58-,59-,60+,61-,67-,68+,69+/m1/s1. The Morgan fingerprint density at radius 1 is 0.726 bits per heavy atom. The topological polar surface area (TPSA) is 341 Å². The fraction of sp³-hybridized carbons (Fsp3) is 0.783. The Balaban J connectivity index is 0.914. The number of alkyl carbamates (subject to hydrolysis) is 1. The van der Waals surface area contributed by atoms with Gasteiger partial charge in [-0.25, -0.2) is 9.59 Å². The quantitative estimate of drug-likeness (QED) is 0.0209. The van der Waals surface area contributed by atoms with Gasteiger partial charge in [0.2, 0.25) is 11.3 Å². The van der Waals surface area contributed by atoms with Crippen LogP contribution in [0.2, 0.25) is 0 Å². The van der Waals surface area contributed by atoms with Crippen molar-refractivity contribution in [2.75, 3.05) is 7.11 Å². The summed E-state index contributed by atoms with van der Waals surface area (Å²) in [6.45, 7) is 23.3. The van der Waals surface area contributed by atoms with Crippen LogP contribution in [0.4, 0.5) is 4.79 Å². The normalized spacial score (nSPS) is 46.1. The lowest BCUT2D eigenvalue weighted by molar-refractivity contribution is -0.584. The number of Topliss-reactive ketones (excluding diaryl/α,β-unsaturated/α-hetero) is 1. The molecule has 2 bridgehead atoms. The van der Waals surface area contributed by atoms with Gasteiger partial charge in [-0.1, -0.05) is 64.5 Å². The molecule has 29 atom stereocenters. The zero-order valence-corrected chi connectivity index (χ0v) is 57.0. The summed E-state index contributed by atoms with van der Waals surface area (Å²) in [5, 5.41) is 62.1. The molecule has 0 aromatic carbocycles. The predicted octanol–water partition coefficient (Wildman–Crippen LogP) is 7.00. The van der Waals surface area contributed by atoms with Crippen molar-refractivity contribution in [2.24, 2.45) is 46.8 Å². The van der Waals surface area contributed by atoms with Gasteiger partial charge in [-0.05, 0) is 109 Å². The molecule has 0 aromatic heterocycles. The number of hydrogen-bond donors (Lipinski definition) is 5. The van der Waals surface area contributed by atoms with Crippen LogP contribution in [0.25, 0.3) is 0 Å². The Morgan fingerprint density at radius 2 is 1.36 bits per heavy atom. The zero-order chi connectivity index (χ0) is 69.1. The van der Waals surface area contributed by atoms with E-state index in [1.165, 1.54) is 13.0 Å². The van der Waals surface area contributed by atoms with Crippen LogP contribution in [0.3, 0.4) is 0 Å². The van der Waals surface area contributed by atoms with Crippen molar-refractivity contribution in [1.82, 2.24) is 5.32 Å². The first kappa shape index (κ1) is 72.7. The molecule has 4 aliphatic carbocycles. The highest BCUT2D eigenvalue weighted by atomic mass is 16.8. The van der Waals surface area contributed by atoms with E-state index in [0.29, 0.717) is 49.5 Å². The number of fused-ring (bicyclic) bond motifs is 4. The van der Waals surface area contributed by atoms with E-state index in [4.69, 9.17) is 61.6 Å². The molecular weight excluding hydrogens is 1240 g/mol. The van der Waals surface area contributed by atoms with Crippen LogP contribution in [0.5, 0.6) is 0 Å². The van der Waals surface area contributed by atoms with Gasteiger partial charge in [0, 0.05) is 61.2 Å². The van der Waals surface area contributed by atoms with E-state index in [0.717, 1.165) is 7.11 Å². The number of hydrogen-bond acceptors (Lipinski definition) is 24. The molecule has 26 heteroatoms. The van der Waals surface area contributed by atoms with Crippen LogP contribution in [-0.4, -0.2) is 197 Å². The minimum absolute atomic E-state index is 0.00174. The number of rotatable bonds is 15. The van der Waals surface area contributed by atoms with Crippen LogP contribution in [-0.2, 0) is 80.8 Å². The molecule has 10 rings (SSSR count). The number of aldehydes is 1. The molecule has 10 aliphatic rings. The number of esters is 2. The number of aliphatic hydroxyl groups is 4. The summed E-state index contributed by atoms with van der Waals surface area (Å²) >= 11 is 0. The smallest absolute Gasteiger partial charge is 0.407 e. The van der Waals surface area contributed by atoms with Crippen molar-refractivity contribution < 1.29 is 111 Å². The fourth-order valence-corrected chi connectivity index (χ4v) is 17.0. The van der Waals surface area contributed by atoms with Crippen LogP contribution in [0, 0.1) is 57.0 Å². The molecule has 6 saturated heterocycles. The molecule has 0 unspecified atom stereocenters. The van der Waals surface area contributed by atoms with E-state index in [-0.39, 0.29) is 43.1 Å². The van der Waals surface area contributed by atoms with E-state index >= 15 is 4.79 Å². The molecule has 1 amide bonds. The number of allylic oxidation sites excluding steroid dienone is 3. The fourth-order valence-electron chi connectivity index (χ4n) is 17.0. The molecule has 95 heavy (non-hydrogen) atoms. The van der Waals surface area contributed by atoms with E-state index in [9.17, 15) is 49.7 Å². The average molecular weight is 1340 g/mol. The van der Waals surface area contributed by atoms with Crippen molar-refractivity contribution in [1.29, 1.82) is 0 Å². The number of nitrogens with one attached hydrogen (secondary N) is 1. The highest BCUT2D eigenvalue weighted by molar-refractivity contribution is 6.26. The maximum atomic E-state index is 15.6. The Hall–Kier alpha value is -5.07. The number of carbonyl (C=O) groups excluding carboxylic acids is 5. The molecule has 5 N–H and O–H groups in total. The second kappa shape index (κ2) is 29.0. The van der Waals surface area contributed by atoms with Crippen molar-refractivity contribution in [3.8, 4) is 0 Å². The molecule has 0 radical (unpaired) electrons. The van der Waals surface area contributed by atoms with Crippen LogP contribution in [0.15, 0.2) is 58.4 Å². The van der Waals surface area contributed by atoms with Crippen molar-refractivity contribution in [2.45, 2.75) is 288 Å². The lowest BCUT2D eigenvalue weighted by atomic mass is 9.49. The van der Waals surface area contributed by atoms with Gasteiger partial charge in [0.05, 0.1) is 92.5 Å². The second-order valence-electron chi connectivity index (χ2n) is 29.2. The largest absolute Gasteiger partial charge is 0.511 e. The van der Waals surface area contributed by atoms with Gasteiger partial charge >= 0.3 is 18.0 Å². The second-order valence-corrected chi connectivity index (χ2v) is 29.2. The number of ketones is 1. The SMILES string of the molecule is COC(=O)N[C@@H]1[C@@H](C)O[C@@H](O[C@H]2C/C=C(/C)[C@@H]3C=C[C@H]4[C@H](O[C@H]5C[C@@H](O[C@@H]6CC[C@@H](O[C@@H]7C[C@H](O)[C@H](O[C@@H]8CC[C@H](O)[C@H](C)O8)[C@H](C)O7)[C@@H](C)O6)[C@@H](OC(=O)C(C)C)[C@@H](C)O5)[C@H](C)C[C@@H](C)[C@@H]4[C@@]3(C)C(O)=C3C(=O)O[C@]4(CC(C=O)=C[C@@H](O)[C@@H]4C=C2C)C3=O)C[C@@]1(C)[N+](=O)[O-]. The maximum absolute atomic E-state index is 15.6. The van der Waals surface area contributed by atoms with Crippen LogP contribution >= 0.6 is 0 Å². The van der Waals surface area contributed by atoms with E-state index in [2.05, 4.69) is 25.2 Å². The lowest BCUT2D eigenvalue weighted by Gasteiger charge is -2.56. The van der Waals surface area contributed by atoms with E-state index < -0.39 is 216 Å². The molecule has 530 valence electrons. The molecular formula is C69H100N2O24. The predicted molar refractivity (Wildman–Crippen MR) is 334 cm³/mol. The van der Waals surface area contributed by atoms with Gasteiger partial charge in [0.15, 0.2) is 43.2 Å². The van der Waals surface area contributed by atoms with Gasteiger partial charge < -0.3 is 87.3 Å². The number of nitro groups is 1. The van der Waals surface area contributed by atoms with Gasteiger partial charge in [-0.15, -0.1) is 0 Å². The Morgan fingerprint density at radius 3 is 2.01 bits per heavy atom. The first-order chi connectivity index (χ1) is 44.8. The number of amides is 1. The summed E-state index contributed by atoms with van der Waals surface area (Å²) in [6, 6.07) is -1.13. The van der Waals surface area contributed by atoms with E-state index in [1.807, 2.05) is 39.8 Å². The Labute approximate surface area is 555 Å². The number of methoxy groups -OCH3 is 1. The monoisotopic (exact) mass is 1340 g/mol. The van der Waals surface area contributed by atoms with E-state index in [1.54, 1.807) is 47.6 Å². The molecule has 0 aromatic rings. The number of aliphatic hydroxyl groups excluding tert-OH is 4. The maximum Gasteiger partial charge on any atom is 0.407 e. The minimum Gasteiger partial charge on any atom is -0.511 e. The molecule has 6 aliphatic heterocycles. The number of carbonyl (C=O) groups is 5. The summed E-state index contributed by atoms with van der Waals surface area (Å²) in [7, 11) is 1.15. The van der Waals surface area contributed by atoms with Crippen LogP contribution < -0.4 is 5.32 Å². The van der Waals surface area contributed by atoms with Crippen molar-refractivity contribution in [3.63, 3.8) is 0 Å². The molecule has 1 saturated carbocycles. The highest BCUT2D eigenvalue weighted by Crippen LogP contribution is 2.61. The Kier molecular flexibility index (Phi) is 22.2.